The van der Waals surface area contributed by atoms with Gasteiger partial charge in [0.15, 0.2) is 0 Å². The van der Waals surface area contributed by atoms with E-state index < -0.39 is 17.8 Å². The van der Waals surface area contributed by atoms with Gasteiger partial charge in [0, 0.05) is 32.3 Å². The number of piperazine rings is 1. The molecule has 0 saturated carbocycles. The molecule has 0 unspecified atom stereocenters. The SMILES string of the molecule is CCCN1CCN(C/C=C/C(=O)OCC)C(=O)C1=O. The molecule has 0 N–H and O–H groups in total. The minimum absolute atomic E-state index is 0.253. The summed E-state index contributed by atoms with van der Waals surface area (Å²) in [7, 11) is 0. The Kier molecular flexibility index (Phi) is 6.05. The van der Waals surface area contributed by atoms with E-state index in [-0.39, 0.29) is 6.54 Å². The lowest BCUT2D eigenvalue weighted by Crippen LogP contribution is -2.54. The molecule has 0 spiro atoms. The lowest BCUT2D eigenvalue weighted by molar-refractivity contribution is -0.155. The molecule has 0 aromatic carbocycles. The molecule has 1 rings (SSSR count). The fourth-order valence-electron chi connectivity index (χ4n) is 1.84. The van der Waals surface area contributed by atoms with Gasteiger partial charge in [-0.25, -0.2) is 4.79 Å². The van der Waals surface area contributed by atoms with Crippen LogP contribution in [0, 0.1) is 0 Å². The van der Waals surface area contributed by atoms with Gasteiger partial charge in [-0.1, -0.05) is 13.0 Å². The number of hydrogen-bond acceptors (Lipinski definition) is 4. The van der Waals surface area contributed by atoms with Crippen LogP contribution in [0.1, 0.15) is 20.3 Å². The first-order valence-corrected chi connectivity index (χ1v) is 6.51. The first-order chi connectivity index (χ1) is 9.10. The summed E-state index contributed by atoms with van der Waals surface area (Å²) in [5.41, 5.74) is 0. The Balaban J connectivity index is 2.47. The van der Waals surface area contributed by atoms with Crippen molar-refractivity contribution in [3.05, 3.63) is 12.2 Å². The fraction of sp³-hybridized carbons (Fsp3) is 0.615. The topological polar surface area (TPSA) is 66.9 Å². The number of esters is 1. The normalized spacial score (nSPS) is 16.3. The van der Waals surface area contributed by atoms with E-state index in [0.29, 0.717) is 26.2 Å². The highest BCUT2D eigenvalue weighted by atomic mass is 16.5. The predicted molar refractivity (Wildman–Crippen MR) is 69.2 cm³/mol. The van der Waals surface area contributed by atoms with E-state index in [9.17, 15) is 14.4 Å². The Labute approximate surface area is 113 Å². The van der Waals surface area contributed by atoms with Crippen LogP contribution in [0.4, 0.5) is 0 Å². The number of rotatable bonds is 6. The summed E-state index contributed by atoms with van der Waals surface area (Å²) in [4.78, 5) is 37.6. The number of carbonyl (C=O) groups excluding carboxylic acids is 3. The molecule has 1 aliphatic heterocycles. The van der Waals surface area contributed by atoms with Gasteiger partial charge < -0.3 is 14.5 Å². The highest BCUT2D eigenvalue weighted by molar-refractivity contribution is 6.35. The van der Waals surface area contributed by atoms with Crippen molar-refractivity contribution >= 4 is 17.8 Å². The van der Waals surface area contributed by atoms with E-state index in [1.54, 1.807) is 17.9 Å². The average Bonchev–Trinajstić information content (AvgIpc) is 2.38. The van der Waals surface area contributed by atoms with Crippen LogP contribution in [0.5, 0.6) is 0 Å². The lowest BCUT2D eigenvalue weighted by atomic mass is 10.2. The van der Waals surface area contributed by atoms with E-state index in [1.807, 2.05) is 6.92 Å². The Morgan fingerprint density at radius 3 is 2.47 bits per heavy atom. The van der Waals surface area contributed by atoms with Crippen LogP contribution < -0.4 is 0 Å². The third-order valence-corrected chi connectivity index (χ3v) is 2.76. The number of carbonyl (C=O) groups is 3. The molecule has 0 bridgehead atoms. The molecule has 19 heavy (non-hydrogen) atoms. The van der Waals surface area contributed by atoms with Crippen molar-refractivity contribution in [2.24, 2.45) is 0 Å². The van der Waals surface area contributed by atoms with E-state index in [0.717, 1.165) is 6.42 Å². The summed E-state index contributed by atoms with van der Waals surface area (Å²) in [5.74, 6) is -1.41. The van der Waals surface area contributed by atoms with E-state index in [2.05, 4.69) is 0 Å². The third kappa shape index (κ3) is 4.39. The van der Waals surface area contributed by atoms with Gasteiger partial charge in [-0.2, -0.15) is 0 Å². The van der Waals surface area contributed by atoms with Gasteiger partial charge in [0.1, 0.15) is 0 Å². The first-order valence-electron chi connectivity index (χ1n) is 6.51. The molecule has 2 amide bonds. The largest absolute Gasteiger partial charge is 0.463 e. The molecule has 106 valence electrons. The fourth-order valence-corrected chi connectivity index (χ4v) is 1.84. The highest BCUT2D eigenvalue weighted by Gasteiger charge is 2.30. The van der Waals surface area contributed by atoms with Crippen LogP contribution in [0.3, 0.4) is 0 Å². The van der Waals surface area contributed by atoms with Crippen molar-refractivity contribution in [1.82, 2.24) is 9.80 Å². The van der Waals surface area contributed by atoms with Crippen LogP contribution >= 0.6 is 0 Å². The van der Waals surface area contributed by atoms with Gasteiger partial charge >= 0.3 is 17.8 Å². The minimum atomic E-state index is -0.506. The molecule has 6 nitrogen and oxygen atoms in total. The first kappa shape index (κ1) is 15.2. The Bertz CT molecular complexity index is 379. The van der Waals surface area contributed by atoms with Crippen molar-refractivity contribution in [3.8, 4) is 0 Å². The zero-order valence-corrected chi connectivity index (χ0v) is 11.4. The Morgan fingerprint density at radius 1 is 1.21 bits per heavy atom. The molecule has 0 radical (unpaired) electrons. The second kappa shape index (κ2) is 7.56. The van der Waals surface area contributed by atoms with Gasteiger partial charge in [0.05, 0.1) is 6.61 Å². The van der Waals surface area contributed by atoms with Crippen molar-refractivity contribution in [1.29, 1.82) is 0 Å². The summed E-state index contributed by atoms with van der Waals surface area (Å²) in [6, 6.07) is 0. The van der Waals surface area contributed by atoms with E-state index in [1.165, 1.54) is 11.0 Å². The standard InChI is InChI=1S/C13H20N2O4/c1-3-7-14-9-10-15(13(18)12(14)17)8-5-6-11(16)19-4-2/h5-6H,3-4,7-10H2,1-2H3/b6-5+. The Morgan fingerprint density at radius 2 is 1.84 bits per heavy atom. The predicted octanol–water partition coefficient (Wildman–Crippen LogP) is 0.187. The molecule has 0 atom stereocenters. The summed E-state index contributed by atoms with van der Waals surface area (Å²) in [5, 5.41) is 0. The summed E-state index contributed by atoms with van der Waals surface area (Å²) >= 11 is 0. The molecular formula is C13H20N2O4. The maximum atomic E-state index is 11.8. The van der Waals surface area contributed by atoms with Crippen LogP contribution in [0.15, 0.2) is 12.2 Å². The van der Waals surface area contributed by atoms with Crippen molar-refractivity contribution in [2.75, 3.05) is 32.8 Å². The molecule has 6 heteroatoms. The minimum Gasteiger partial charge on any atom is -0.463 e. The number of hydrogen-bond donors (Lipinski definition) is 0. The lowest BCUT2D eigenvalue weighted by Gasteiger charge is -2.32. The smallest absolute Gasteiger partial charge is 0.330 e. The summed E-state index contributed by atoms with van der Waals surface area (Å²) in [6.07, 6.45) is 3.65. The van der Waals surface area contributed by atoms with Gasteiger partial charge in [0.2, 0.25) is 0 Å². The van der Waals surface area contributed by atoms with Gasteiger partial charge in [0.25, 0.3) is 0 Å². The highest BCUT2D eigenvalue weighted by Crippen LogP contribution is 2.05. The summed E-state index contributed by atoms with van der Waals surface area (Å²) in [6.45, 7) is 5.91. The van der Waals surface area contributed by atoms with Crippen molar-refractivity contribution < 1.29 is 19.1 Å². The van der Waals surface area contributed by atoms with Crippen molar-refractivity contribution in [2.45, 2.75) is 20.3 Å². The Hall–Kier alpha value is -1.85. The van der Waals surface area contributed by atoms with Crippen LogP contribution in [-0.4, -0.2) is 60.4 Å². The number of amides is 2. The number of nitrogens with zero attached hydrogens (tertiary/aromatic N) is 2. The van der Waals surface area contributed by atoms with Gasteiger partial charge in [-0.3, -0.25) is 9.59 Å². The average molecular weight is 268 g/mol. The second-order valence-corrected chi connectivity index (χ2v) is 4.20. The summed E-state index contributed by atoms with van der Waals surface area (Å²) < 4.78 is 4.72. The molecule has 0 aromatic rings. The van der Waals surface area contributed by atoms with Gasteiger partial charge in [-0.05, 0) is 13.3 Å². The maximum Gasteiger partial charge on any atom is 0.330 e. The zero-order valence-electron chi connectivity index (χ0n) is 11.4. The zero-order chi connectivity index (χ0) is 14.3. The van der Waals surface area contributed by atoms with Crippen LogP contribution in [0.25, 0.3) is 0 Å². The van der Waals surface area contributed by atoms with Crippen molar-refractivity contribution in [3.63, 3.8) is 0 Å². The number of ether oxygens (including phenoxy) is 1. The van der Waals surface area contributed by atoms with E-state index in [4.69, 9.17) is 4.74 Å². The molecule has 1 heterocycles. The third-order valence-electron chi connectivity index (χ3n) is 2.76. The quantitative estimate of drug-likeness (QED) is 0.392. The molecule has 0 aliphatic carbocycles. The van der Waals surface area contributed by atoms with Crippen LogP contribution in [0.2, 0.25) is 0 Å². The maximum absolute atomic E-state index is 11.8. The second-order valence-electron chi connectivity index (χ2n) is 4.20. The monoisotopic (exact) mass is 268 g/mol. The van der Waals surface area contributed by atoms with Gasteiger partial charge in [-0.15, -0.1) is 0 Å². The molecule has 1 fully saturated rings. The van der Waals surface area contributed by atoms with E-state index >= 15 is 0 Å². The molecular weight excluding hydrogens is 248 g/mol. The van der Waals surface area contributed by atoms with Crippen LogP contribution in [-0.2, 0) is 19.1 Å². The molecule has 0 aromatic heterocycles. The molecule has 1 saturated heterocycles. The molecule has 1 aliphatic rings.